The maximum Gasteiger partial charge on any atom is 0.255 e. The summed E-state index contributed by atoms with van der Waals surface area (Å²) in [5.41, 5.74) is 1.92. The number of anilines is 1. The van der Waals surface area contributed by atoms with E-state index in [0.29, 0.717) is 11.4 Å². The van der Waals surface area contributed by atoms with Crippen LogP contribution in [0, 0.1) is 6.92 Å². The molecular weight excluding hydrogens is 376 g/mol. The minimum atomic E-state index is -3.61. The van der Waals surface area contributed by atoms with Crippen molar-refractivity contribution in [2.75, 3.05) is 12.4 Å². The lowest BCUT2D eigenvalue weighted by Crippen LogP contribution is -2.19. The van der Waals surface area contributed by atoms with Crippen LogP contribution in [0.25, 0.3) is 0 Å². The molecule has 0 aliphatic rings. The first-order valence-electron chi connectivity index (χ1n) is 8.57. The Morgan fingerprint density at radius 3 is 2.29 bits per heavy atom. The van der Waals surface area contributed by atoms with Crippen molar-refractivity contribution in [1.29, 1.82) is 0 Å². The van der Waals surface area contributed by atoms with Gasteiger partial charge in [-0.2, -0.15) is 0 Å². The number of ether oxygens (including phenoxy) is 1. The van der Waals surface area contributed by atoms with Gasteiger partial charge in [0.2, 0.25) is 10.0 Å². The number of aryl methyl sites for hydroxylation is 1. The molecule has 1 amide bonds. The molecule has 7 heteroatoms. The van der Waals surface area contributed by atoms with Crippen molar-refractivity contribution in [1.82, 2.24) is 4.72 Å². The third-order valence-corrected chi connectivity index (χ3v) is 5.42. The molecule has 0 aliphatic heterocycles. The number of sulfonamides is 1. The fraction of sp³-hybridized carbons (Fsp3) is 0.0952. The normalized spacial score (nSPS) is 11.1. The highest BCUT2D eigenvalue weighted by molar-refractivity contribution is 7.89. The molecular formula is C21H20N2O4S. The van der Waals surface area contributed by atoms with E-state index in [1.807, 2.05) is 31.2 Å². The Kier molecular flexibility index (Phi) is 5.77. The summed E-state index contributed by atoms with van der Waals surface area (Å²) in [4.78, 5) is 12.5. The second-order valence-corrected chi connectivity index (χ2v) is 8.02. The minimum absolute atomic E-state index is 0.0320. The first kappa shape index (κ1) is 19.6. The molecule has 3 aromatic carbocycles. The molecule has 144 valence electrons. The van der Waals surface area contributed by atoms with Crippen molar-refractivity contribution in [3.05, 3.63) is 83.9 Å². The molecule has 0 spiro atoms. The average molecular weight is 396 g/mol. The number of carbonyl (C=O) groups is 1. The van der Waals surface area contributed by atoms with Crippen LogP contribution in [0.4, 0.5) is 5.69 Å². The summed E-state index contributed by atoms with van der Waals surface area (Å²) < 4.78 is 31.8. The number of benzene rings is 3. The van der Waals surface area contributed by atoms with Crippen molar-refractivity contribution in [2.45, 2.75) is 11.8 Å². The van der Waals surface area contributed by atoms with Crippen LogP contribution in [0.2, 0.25) is 0 Å². The van der Waals surface area contributed by atoms with Crippen LogP contribution in [0.1, 0.15) is 15.9 Å². The van der Waals surface area contributed by atoms with Crippen molar-refractivity contribution in [2.24, 2.45) is 0 Å². The Bertz CT molecular complexity index is 1090. The number of amides is 1. The van der Waals surface area contributed by atoms with E-state index in [1.165, 1.54) is 25.2 Å². The zero-order chi connectivity index (χ0) is 20.1. The Morgan fingerprint density at radius 2 is 1.61 bits per heavy atom. The van der Waals surface area contributed by atoms with E-state index in [4.69, 9.17) is 4.74 Å². The van der Waals surface area contributed by atoms with Crippen LogP contribution in [0.15, 0.2) is 77.7 Å². The SMILES string of the molecule is CNS(=O)(=O)c1cccc(C(=O)Nc2ccc(Oc3cccc(C)c3)cc2)c1. The number of nitrogens with one attached hydrogen (secondary N) is 2. The van der Waals surface area contributed by atoms with E-state index in [0.717, 1.165) is 11.3 Å². The molecule has 6 nitrogen and oxygen atoms in total. The Balaban J connectivity index is 1.70. The molecule has 3 rings (SSSR count). The number of hydrogen-bond acceptors (Lipinski definition) is 4. The van der Waals surface area contributed by atoms with Crippen LogP contribution >= 0.6 is 0 Å². The largest absolute Gasteiger partial charge is 0.457 e. The fourth-order valence-electron chi connectivity index (χ4n) is 2.55. The smallest absolute Gasteiger partial charge is 0.255 e. The van der Waals surface area contributed by atoms with Crippen LogP contribution < -0.4 is 14.8 Å². The van der Waals surface area contributed by atoms with Gasteiger partial charge < -0.3 is 10.1 Å². The highest BCUT2D eigenvalue weighted by Gasteiger charge is 2.14. The molecule has 0 heterocycles. The molecule has 0 saturated heterocycles. The second-order valence-electron chi connectivity index (χ2n) is 6.13. The fourth-order valence-corrected chi connectivity index (χ4v) is 3.32. The topological polar surface area (TPSA) is 84.5 Å². The van der Waals surface area contributed by atoms with Crippen molar-refractivity contribution in [3.63, 3.8) is 0 Å². The summed E-state index contributed by atoms with van der Waals surface area (Å²) >= 11 is 0. The Hall–Kier alpha value is -3.16. The summed E-state index contributed by atoms with van der Waals surface area (Å²) in [6, 6.07) is 20.5. The summed E-state index contributed by atoms with van der Waals surface area (Å²) in [5.74, 6) is 0.977. The maximum absolute atomic E-state index is 12.4. The average Bonchev–Trinajstić information content (AvgIpc) is 2.69. The van der Waals surface area contributed by atoms with Crippen molar-refractivity contribution >= 4 is 21.6 Å². The summed E-state index contributed by atoms with van der Waals surface area (Å²) in [5, 5.41) is 2.75. The molecule has 0 radical (unpaired) electrons. The minimum Gasteiger partial charge on any atom is -0.457 e. The Morgan fingerprint density at radius 1 is 0.893 bits per heavy atom. The van der Waals surface area contributed by atoms with Gasteiger partial charge in [-0.25, -0.2) is 13.1 Å². The van der Waals surface area contributed by atoms with Gasteiger partial charge in [0, 0.05) is 11.3 Å². The van der Waals surface area contributed by atoms with Crippen LogP contribution in [0.5, 0.6) is 11.5 Å². The summed E-state index contributed by atoms with van der Waals surface area (Å²) in [6.07, 6.45) is 0. The summed E-state index contributed by atoms with van der Waals surface area (Å²) in [7, 11) is -2.29. The van der Waals surface area contributed by atoms with Gasteiger partial charge in [-0.15, -0.1) is 0 Å². The van der Waals surface area contributed by atoms with E-state index >= 15 is 0 Å². The maximum atomic E-state index is 12.4. The molecule has 0 unspecified atom stereocenters. The lowest BCUT2D eigenvalue weighted by molar-refractivity contribution is 0.102. The predicted octanol–water partition coefficient (Wildman–Crippen LogP) is 3.95. The third-order valence-electron chi connectivity index (χ3n) is 4.01. The van der Waals surface area contributed by atoms with E-state index < -0.39 is 15.9 Å². The van der Waals surface area contributed by atoms with Gasteiger partial charge in [-0.05, 0) is 74.1 Å². The van der Waals surface area contributed by atoms with E-state index in [9.17, 15) is 13.2 Å². The van der Waals surface area contributed by atoms with Gasteiger partial charge in [-0.1, -0.05) is 18.2 Å². The lowest BCUT2D eigenvalue weighted by atomic mass is 10.2. The van der Waals surface area contributed by atoms with Gasteiger partial charge in [0.15, 0.2) is 0 Å². The quantitative estimate of drug-likeness (QED) is 0.661. The number of rotatable bonds is 6. The molecule has 0 atom stereocenters. The second kappa shape index (κ2) is 8.24. The van der Waals surface area contributed by atoms with Crippen molar-refractivity contribution in [3.8, 4) is 11.5 Å². The van der Waals surface area contributed by atoms with Gasteiger partial charge in [0.05, 0.1) is 4.90 Å². The zero-order valence-electron chi connectivity index (χ0n) is 15.5. The van der Waals surface area contributed by atoms with Gasteiger partial charge >= 0.3 is 0 Å². The molecule has 0 aromatic heterocycles. The van der Waals surface area contributed by atoms with E-state index in [-0.39, 0.29) is 10.5 Å². The predicted molar refractivity (Wildman–Crippen MR) is 108 cm³/mol. The highest BCUT2D eigenvalue weighted by Crippen LogP contribution is 2.24. The molecule has 0 bridgehead atoms. The zero-order valence-corrected chi connectivity index (χ0v) is 16.3. The first-order valence-corrected chi connectivity index (χ1v) is 10.1. The standard InChI is InChI=1S/C21H20N2O4S/c1-15-5-3-7-19(13-15)27-18-11-9-17(10-12-18)23-21(24)16-6-4-8-20(14-16)28(25,26)22-2/h3-14,22H,1-2H3,(H,23,24). The monoisotopic (exact) mass is 396 g/mol. The number of hydrogen-bond donors (Lipinski definition) is 2. The molecule has 2 N–H and O–H groups in total. The number of carbonyl (C=O) groups excluding carboxylic acids is 1. The van der Waals surface area contributed by atoms with Crippen LogP contribution in [-0.2, 0) is 10.0 Å². The van der Waals surface area contributed by atoms with Gasteiger partial charge in [-0.3, -0.25) is 4.79 Å². The molecule has 0 saturated carbocycles. The molecule has 28 heavy (non-hydrogen) atoms. The summed E-state index contributed by atoms with van der Waals surface area (Å²) in [6.45, 7) is 1.99. The van der Waals surface area contributed by atoms with E-state index in [2.05, 4.69) is 10.0 Å². The highest BCUT2D eigenvalue weighted by atomic mass is 32.2. The Labute approximate surface area is 164 Å². The van der Waals surface area contributed by atoms with Crippen LogP contribution in [-0.4, -0.2) is 21.4 Å². The van der Waals surface area contributed by atoms with Gasteiger partial charge in [0.1, 0.15) is 11.5 Å². The third kappa shape index (κ3) is 4.76. The first-order chi connectivity index (χ1) is 13.4. The lowest BCUT2D eigenvalue weighted by Gasteiger charge is -2.09. The van der Waals surface area contributed by atoms with E-state index in [1.54, 1.807) is 30.3 Å². The van der Waals surface area contributed by atoms with Crippen LogP contribution in [0.3, 0.4) is 0 Å². The molecule has 0 aliphatic carbocycles. The van der Waals surface area contributed by atoms with Crippen molar-refractivity contribution < 1.29 is 17.9 Å². The molecule has 0 fully saturated rings. The molecule has 3 aromatic rings. The van der Waals surface area contributed by atoms with Gasteiger partial charge in [0.25, 0.3) is 5.91 Å².